The molecular weight excluding hydrogens is 322 g/mol. The van der Waals surface area contributed by atoms with Crippen LogP contribution in [-0.2, 0) is 0 Å². The fraction of sp³-hybridized carbons (Fsp3) is 0.316. The first-order chi connectivity index (χ1) is 12.1. The summed E-state index contributed by atoms with van der Waals surface area (Å²) >= 11 is 0. The van der Waals surface area contributed by atoms with E-state index in [1.54, 1.807) is 24.3 Å². The fourth-order valence-corrected chi connectivity index (χ4v) is 2.27. The summed E-state index contributed by atoms with van der Waals surface area (Å²) in [6.45, 7) is 2.71. The van der Waals surface area contributed by atoms with Crippen LogP contribution in [0.2, 0.25) is 0 Å². The predicted octanol–water partition coefficient (Wildman–Crippen LogP) is 3.75. The van der Waals surface area contributed by atoms with Gasteiger partial charge in [-0.05, 0) is 42.8 Å². The van der Waals surface area contributed by atoms with Gasteiger partial charge in [0.25, 0.3) is 5.91 Å². The van der Waals surface area contributed by atoms with Gasteiger partial charge in [-0.1, -0.05) is 6.92 Å². The van der Waals surface area contributed by atoms with Crippen molar-refractivity contribution >= 4 is 11.6 Å². The van der Waals surface area contributed by atoms with Crippen LogP contribution >= 0.6 is 0 Å². The zero-order valence-electron chi connectivity index (χ0n) is 14.9. The Balaban J connectivity index is 2.17. The lowest BCUT2D eigenvalue weighted by Crippen LogP contribution is -2.12. The minimum absolute atomic E-state index is 0.276. The number of nitrogens with one attached hydrogen (secondary N) is 1. The van der Waals surface area contributed by atoms with E-state index >= 15 is 0 Å². The van der Waals surface area contributed by atoms with E-state index in [1.807, 2.05) is 19.1 Å². The van der Waals surface area contributed by atoms with Gasteiger partial charge in [-0.3, -0.25) is 4.79 Å². The van der Waals surface area contributed by atoms with Crippen LogP contribution in [0.1, 0.15) is 23.7 Å². The number of ether oxygens (including phenoxy) is 4. The van der Waals surface area contributed by atoms with Gasteiger partial charge in [-0.2, -0.15) is 0 Å². The van der Waals surface area contributed by atoms with E-state index in [2.05, 4.69) is 5.32 Å². The highest BCUT2D eigenvalue weighted by Crippen LogP contribution is 2.38. The molecule has 0 bridgehead atoms. The van der Waals surface area contributed by atoms with E-state index in [9.17, 15) is 4.79 Å². The molecule has 2 aromatic carbocycles. The molecule has 0 saturated carbocycles. The van der Waals surface area contributed by atoms with E-state index in [0.29, 0.717) is 35.1 Å². The van der Waals surface area contributed by atoms with Crippen molar-refractivity contribution in [2.45, 2.75) is 13.3 Å². The molecule has 2 aromatic rings. The summed E-state index contributed by atoms with van der Waals surface area (Å²) in [5.41, 5.74) is 1.07. The first kappa shape index (κ1) is 18.4. The van der Waals surface area contributed by atoms with Gasteiger partial charge < -0.3 is 24.3 Å². The molecule has 0 atom stereocenters. The van der Waals surface area contributed by atoms with E-state index in [1.165, 1.54) is 21.3 Å². The van der Waals surface area contributed by atoms with Gasteiger partial charge in [0.1, 0.15) is 5.75 Å². The second-order valence-corrected chi connectivity index (χ2v) is 5.24. The second kappa shape index (κ2) is 8.82. The predicted molar refractivity (Wildman–Crippen MR) is 96.3 cm³/mol. The number of carbonyl (C=O) groups excluding carboxylic acids is 1. The third-order valence-corrected chi connectivity index (χ3v) is 3.51. The topological polar surface area (TPSA) is 66.0 Å². The van der Waals surface area contributed by atoms with Gasteiger partial charge in [-0.15, -0.1) is 0 Å². The van der Waals surface area contributed by atoms with Gasteiger partial charge in [0.05, 0.1) is 27.9 Å². The molecule has 25 heavy (non-hydrogen) atoms. The Kier molecular flexibility index (Phi) is 6.51. The minimum Gasteiger partial charge on any atom is -0.494 e. The maximum absolute atomic E-state index is 12.5. The molecule has 0 aliphatic rings. The summed E-state index contributed by atoms with van der Waals surface area (Å²) in [7, 11) is 4.53. The Morgan fingerprint density at radius 2 is 1.56 bits per heavy atom. The molecule has 0 unspecified atom stereocenters. The Morgan fingerprint density at radius 1 is 0.960 bits per heavy atom. The largest absolute Gasteiger partial charge is 0.494 e. The van der Waals surface area contributed by atoms with Crippen LogP contribution in [0.5, 0.6) is 23.0 Å². The van der Waals surface area contributed by atoms with Crippen molar-refractivity contribution in [3.8, 4) is 23.0 Å². The Bertz CT molecular complexity index is 687. The lowest BCUT2D eigenvalue weighted by Gasteiger charge is -2.14. The highest BCUT2D eigenvalue weighted by molar-refractivity contribution is 6.05. The number of rotatable bonds is 8. The monoisotopic (exact) mass is 345 g/mol. The van der Waals surface area contributed by atoms with E-state index in [0.717, 1.165) is 12.2 Å². The van der Waals surface area contributed by atoms with Crippen molar-refractivity contribution in [1.29, 1.82) is 0 Å². The summed E-state index contributed by atoms with van der Waals surface area (Å²) in [6.07, 6.45) is 0.944. The van der Waals surface area contributed by atoms with Crippen molar-refractivity contribution in [1.82, 2.24) is 0 Å². The quantitative estimate of drug-likeness (QED) is 0.789. The van der Waals surface area contributed by atoms with Crippen LogP contribution in [0.15, 0.2) is 36.4 Å². The zero-order valence-corrected chi connectivity index (χ0v) is 14.9. The molecule has 0 aliphatic carbocycles. The molecule has 0 heterocycles. The van der Waals surface area contributed by atoms with E-state index < -0.39 is 0 Å². The molecule has 0 spiro atoms. The Labute approximate surface area is 147 Å². The number of benzene rings is 2. The number of amides is 1. The average molecular weight is 345 g/mol. The van der Waals surface area contributed by atoms with Gasteiger partial charge >= 0.3 is 0 Å². The maximum atomic E-state index is 12.5. The Morgan fingerprint density at radius 3 is 2.04 bits per heavy atom. The van der Waals surface area contributed by atoms with Crippen LogP contribution in [0.4, 0.5) is 5.69 Å². The molecule has 134 valence electrons. The first-order valence-corrected chi connectivity index (χ1v) is 7.97. The molecule has 1 N–H and O–H groups in total. The smallest absolute Gasteiger partial charge is 0.255 e. The van der Waals surface area contributed by atoms with Gasteiger partial charge in [0.2, 0.25) is 5.75 Å². The molecule has 0 aliphatic heterocycles. The van der Waals surface area contributed by atoms with E-state index in [-0.39, 0.29) is 5.91 Å². The first-order valence-electron chi connectivity index (χ1n) is 7.97. The zero-order chi connectivity index (χ0) is 18.2. The minimum atomic E-state index is -0.276. The maximum Gasteiger partial charge on any atom is 0.255 e. The van der Waals surface area contributed by atoms with Crippen molar-refractivity contribution in [3.63, 3.8) is 0 Å². The molecule has 1 amide bonds. The molecular formula is C19H23NO5. The fourth-order valence-electron chi connectivity index (χ4n) is 2.27. The van der Waals surface area contributed by atoms with Gasteiger partial charge in [-0.25, -0.2) is 0 Å². The molecule has 6 nitrogen and oxygen atoms in total. The van der Waals surface area contributed by atoms with Gasteiger partial charge in [0.15, 0.2) is 11.5 Å². The number of hydrogen-bond donors (Lipinski definition) is 1. The summed E-state index contributed by atoms with van der Waals surface area (Å²) in [6, 6.07) is 10.4. The SMILES string of the molecule is CCCOc1ccc(NC(=O)c2cc(OC)c(OC)c(OC)c2)cc1. The molecule has 2 rings (SSSR count). The van der Waals surface area contributed by atoms with Crippen LogP contribution in [0, 0.1) is 0 Å². The molecule has 0 saturated heterocycles. The highest BCUT2D eigenvalue weighted by atomic mass is 16.5. The number of carbonyl (C=O) groups is 1. The van der Waals surface area contributed by atoms with Crippen LogP contribution in [0.3, 0.4) is 0 Å². The average Bonchev–Trinajstić information content (AvgIpc) is 2.66. The van der Waals surface area contributed by atoms with Crippen molar-refractivity contribution in [2.24, 2.45) is 0 Å². The summed E-state index contributed by atoms with van der Waals surface area (Å²) < 4.78 is 21.3. The lowest BCUT2D eigenvalue weighted by atomic mass is 10.1. The van der Waals surface area contributed by atoms with Crippen LogP contribution in [-0.4, -0.2) is 33.8 Å². The number of hydrogen-bond acceptors (Lipinski definition) is 5. The standard InChI is InChI=1S/C19H23NO5/c1-5-10-25-15-8-6-14(7-9-15)20-19(21)13-11-16(22-2)18(24-4)17(12-13)23-3/h6-9,11-12H,5,10H2,1-4H3,(H,20,21). The summed E-state index contributed by atoms with van der Waals surface area (Å²) in [4.78, 5) is 12.5. The number of methoxy groups -OCH3 is 3. The lowest BCUT2D eigenvalue weighted by molar-refractivity contribution is 0.102. The van der Waals surface area contributed by atoms with Crippen LogP contribution in [0.25, 0.3) is 0 Å². The van der Waals surface area contributed by atoms with Crippen molar-refractivity contribution in [2.75, 3.05) is 33.3 Å². The molecule has 0 radical (unpaired) electrons. The van der Waals surface area contributed by atoms with Crippen molar-refractivity contribution in [3.05, 3.63) is 42.0 Å². The second-order valence-electron chi connectivity index (χ2n) is 5.24. The number of anilines is 1. The normalized spacial score (nSPS) is 10.1. The third kappa shape index (κ3) is 4.56. The third-order valence-electron chi connectivity index (χ3n) is 3.51. The van der Waals surface area contributed by atoms with Crippen molar-refractivity contribution < 1.29 is 23.7 Å². The highest BCUT2D eigenvalue weighted by Gasteiger charge is 2.17. The molecule has 6 heteroatoms. The van der Waals surface area contributed by atoms with Crippen LogP contribution < -0.4 is 24.3 Å². The summed E-state index contributed by atoms with van der Waals surface area (Å²) in [5.74, 6) is 1.79. The summed E-state index contributed by atoms with van der Waals surface area (Å²) in [5, 5.41) is 2.84. The Hall–Kier alpha value is -2.89. The molecule has 0 aromatic heterocycles. The molecule has 0 fully saturated rings. The van der Waals surface area contributed by atoms with E-state index in [4.69, 9.17) is 18.9 Å². The van der Waals surface area contributed by atoms with Gasteiger partial charge in [0, 0.05) is 11.3 Å².